The summed E-state index contributed by atoms with van der Waals surface area (Å²) in [4.78, 5) is 70.5. The molecule has 4 aromatic rings. The van der Waals surface area contributed by atoms with Gasteiger partial charge in [-0.2, -0.15) is 0 Å². The van der Waals surface area contributed by atoms with Crippen molar-refractivity contribution in [3.05, 3.63) is 53.2 Å². The van der Waals surface area contributed by atoms with Crippen molar-refractivity contribution in [2.45, 2.75) is 85.4 Å². The Balaban J connectivity index is 1.50. The number of carbonyl (C=O) groups excluding carboxylic acids is 2. The monoisotopic (exact) mass is 613 g/mol. The molecule has 1 aliphatic rings. The van der Waals surface area contributed by atoms with Gasteiger partial charge in [-0.05, 0) is 51.7 Å². The first-order valence-corrected chi connectivity index (χ1v) is 16.0. The van der Waals surface area contributed by atoms with Gasteiger partial charge in [0.1, 0.15) is 31.1 Å². The minimum absolute atomic E-state index is 0.204. The van der Waals surface area contributed by atoms with Gasteiger partial charge in [-0.3, -0.25) is 14.5 Å². The predicted octanol–water partition coefficient (Wildman–Crippen LogP) is 4.98. The van der Waals surface area contributed by atoms with E-state index in [9.17, 15) is 19.2 Å². The molecule has 2 N–H and O–H groups in total. The van der Waals surface area contributed by atoms with Crippen molar-refractivity contribution in [2.75, 3.05) is 13.2 Å². The van der Waals surface area contributed by atoms with Crippen molar-refractivity contribution < 1.29 is 19.1 Å². The highest BCUT2D eigenvalue weighted by Crippen LogP contribution is 2.30. The molecule has 5 rings (SSSR count). The topological polar surface area (TPSA) is 147 Å². The van der Waals surface area contributed by atoms with Gasteiger partial charge in [-0.15, -0.1) is 22.7 Å². The molecule has 13 heteroatoms. The van der Waals surface area contributed by atoms with Gasteiger partial charge < -0.3 is 19.4 Å². The van der Waals surface area contributed by atoms with Gasteiger partial charge in [-0.1, -0.05) is 25.7 Å². The van der Waals surface area contributed by atoms with E-state index in [1.807, 2.05) is 0 Å². The van der Waals surface area contributed by atoms with E-state index in [2.05, 4.69) is 14.9 Å². The molecule has 0 amide bonds. The van der Waals surface area contributed by atoms with Crippen LogP contribution in [0.2, 0.25) is 0 Å². The number of thiophene rings is 2. The van der Waals surface area contributed by atoms with Gasteiger partial charge in [0.25, 0.3) is 11.1 Å². The number of carbonyl (C=O) groups is 2. The molecule has 1 saturated carbocycles. The zero-order valence-corrected chi connectivity index (χ0v) is 25.9. The molecular formula is C29H35N5O6S2. The van der Waals surface area contributed by atoms with Crippen molar-refractivity contribution >= 4 is 55.0 Å². The van der Waals surface area contributed by atoms with Crippen molar-refractivity contribution in [1.82, 2.24) is 24.8 Å². The number of aryl methyl sites for hydroxylation is 2. The van der Waals surface area contributed by atoms with Crippen LogP contribution in [0.25, 0.3) is 20.4 Å². The van der Waals surface area contributed by atoms with Crippen molar-refractivity contribution in [1.29, 1.82) is 0 Å². The van der Waals surface area contributed by atoms with Crippen LogP contribution in [0.4, 0.5) is 0 Å². The van der Waals surface area contributed by atoms with Gasteiger partial charge in [0.05, 0.1) is 37.1 Å². The lowest BCUT2D eigenvalue weighted by Crippen LogP contribution is -2.36. The highest BCUT2D eigenvalue weighted by Gasteiger charge is 2.26. The van der Waals surface area contributed by atoms with E-state index >= 15 is 0 Å². The average Bonchev–Trinajstić information content (AvgIpc) is 3.31. The van der Waals surface area contributed by atoms with E-state index in [1.54, 1.807) is 27.7 Å². The number of aromatic amines is 2. The summed E-state index contributed by atoms with van der Waals surface area (Å²) < 4.78 is 10.3. The Morgan fingerprint density at radius 1 is 0.786 bits per heavy atom. The number of H-pyrrole nitrogens is 2. The van der Waals surface area contributed by atoms with Gasteiger partial charge in [0.15, 0.2) is 0 Å². The third-order valence-electron chi connectivity index (χ3n) is 7.67. The summed E-state index contributed by atoms with van der Waals surface area (Å²) in [6.45, 7) is 8.11. The Kier molecular flexibility index (Phi) is 9.19. The molecule has 0 spiro atoms. The first-order chi connectivity index (χ1) is 20.2. The fourth-order valence-corrected chi connectivity index (χ4v) is 7.82. The van der Waals surface area contributed by atoms with Crippen LogP contribution in [-0.4, -0.2) is 56.0 Å². The maximum absolute atomic E-state index is 13.2. The molecule has 0 unspecified atom stereocenters. The highest BCUT2D eigenvalue weighted by atomic mass is 32.1. The third-order valence-corrected chi connectivity index (χ3v) is 10.00. The summed E-state index contributed by atoms with van der Waals surface area (Å²) in [7, 11) is 0. The lowest BCUT2D eigenvalue weighted by Gasteiger charge is -2.30. The Hall–Kier alpha value is -3.42. The minimum atomic E-state index is -0.459. The van der Waals surface area contributed by atoms with E-state index in [1.165, 1.54) is 12.8 Å². The van der Waals surface area contributed by atoms with E-state index in [-0.39, 0.29) is 30.4 Å². The van der Waals surface area contributed by atoms with Gasteiger partial charge in [0.2, 0.25) is 0 Å². The summed E-state index contributed by atoms with van der Waals surface area (Å²) in [6.07, 6.45) is 6.48. The molecule has 11 nitrogen and oxygen atoms in total. The summed E-state index contributed by atoms with van der Waals surface area (Å²) in [5.74, 6) is 0.0422. The van der Waals surface area contributed by atoms with Crippen molar-refractivity contribution in [3.63, 3.8) is 0 Å². The maximum Gasteiger partial charge on any atom is 0.348 e. The number of rotatable bonds is 9. The minimum Gasteiger partial charge on any atom is -0.462 e. The second-order valence-electron chi connectivity index (χ2n) is 10.5. The molecule has 0 atom stereocenters. The summed E-state index contributed by atoms with van der Waals surface area (Å²) in [6, 6.07) is 0.204. The molecule has 0 saturated heterocycles. The molecular weight excluding hydrogens is 578 g/mol. The largest absolute Gasteiger partial charge is 0.462 e. The van der Waals surface area contributed by atoms with Crippen LogP contribution in [0, 0.1) is 13.8 Å². The van der Waals surface area contributed by atoms with Crippen molar-refractivity contribution in [3.8, 4) is 0 Å². The standard InChI is InChI=1S/C29H35N5O6S2/c1-5-39-28(37)22-15(3)20-24(35)30-18(32-26(20)41-22)13-34(17-11-9-7-8-10-12-17)14-19-31-25(36)21-16(4)23(29(38)40-6-2)42-27(21)33-19/h17H,5-14H2,1-4H3,(H,30,32,35)(H,31,33,36). The fourth-order valence-electron chi connectivity index (χ4n) is 5.63. The predicted molar refractivity (Wildman–Crippen MR) is 163 cm³/mol. The molecule has 0 aliphatic heterocycles. The molecule has 4 aromatic heterocycles. The van der Waals surface area contributed by atoms with Crippen LogP contribution in [0.1, 0.15) is 94.5 Å². The maximum atomic E-state index is 13.2. The van der Waals surface area contributed by atoms with Crippen LogP contribution in [-0.2, 0) is 22.6 Å². The number of esters is 2. The van der Waals surface area contributed by atoms with Crippen LogP contribution < -0.4 is 11.1 Å². The second-order valence-corrected chi connectivity index (χ2v) is 12.5. The SMILES string of the molecule is CCOC(=O)c1sc2nc(CN(Cc3nc4sc(C(=O)OCC)c(C)c4c(=O)[nH]3)C3CCCCCC3)[nH]c(=O)c2c1C. The Morgan fingerprint density at radius 2 is 1.21 bits per heavy atom. The zero-order chi connectivity index (χ0) is 30.0. The molecule has 4 heterocycles. The molecule has 0 bridgehead atoms. The molecule has 224 valence electrons. The number of fused-ring (bicyclic) bond motifs is 2. The molecule has 0 radical (unpaired) electrons. The highest BCUT2D eigenvalue weighted by molar-refractivity contribution is 7.21. The number of ether oxygens (including phenoxy) is 2. The molecule has 42 heavy (non-hydrogen) atoms. The van der Waals surface area contributed by atoms with Crippen molar-refractivity contribution in [2.24, 2.45) is 0 Å². The van der Waals surface area contributed by atoms with E-state index in [0.29, 0.717) is 66.1 Å². The molecule has 0 aromatic carbocycles. The van der Waals surface area contributed by atoms with Gasteiger partial charge in [0, 0.05) is 6.04 Å². The lowest BCUT2D eigenvalue weighted by molar-refractivity contribution is 0.0521. The van der Waals surface area contributed by atoms with E-state index in [4.69, 9.17) is 19.4 Å². The van der Waals surface area contributed by atoms with Crippen LogP contribution >= 0.6 is 22.7 Å². The lowest BCUT2D eigenvalue weighted by atomic mass is 10.1. The number of hydrogen-bond donors (Lipinski definition) is 2. The molecule has 1 aliphatic carbocycles. The normalized spacial score (nSPS) is 14.5. The van der Waals surface area contributed by atoms with Gasteiger partial charge in [-0.25, -0.2) is 19.6 Å². The smallest absolute Gasteiger partial charge is 0.348 e. The first-order valence-electron chi connectivity index (χ1n) is 14.3. The number of nitrogens with one attached hydrogen (secondary N) is 2. The third kappa shape index (κ3) is 6.04. The number of aromatic nitrogens is 4. The van der Waals surface area contributed by atoms with E-state index < -0.39 is 11.9 Å². The Morgan fingerprint density at radius 3 is 1.62 bits per heavy atom. The number of hydrogen-bond acceptors (Lipinski definition) is 11. The quantitative estimate of drug-likeness (QED) is 0.197. The van der Waals surface area contributed by atoms with Gasteiger partial charge >= 0.3 is 11.9 Å². The molecule has 1 fully saturated rings. The van der Waals surface area contributed by atoms with Crippen LogP contribution in [0.15, 0.2) is 9.59 Å². The number of nitrogens with zero attached hydrogens (tertiary/aromatic N) is 3. The fraction of sp³-hybridized carbons (Fsp3) is 0.517. The Bertz CT molecular complexity index is 1630. The van der Waals surface area contributed by atoms with Crippen LogP contribution in [0.5, 0.6) is 0 Å². The summed E-state index contributed by atoms with van der Waals surface area (Å²) in [5.41, 5.74) is 0.540. The summed E-state index contributed by atoms with van der Waals surface area (Å²) >= 11 is 2.33. The van der Waals surface area contributed by atoms with Crippen LogP contribution in [0.3, 0.4) is 0 Å². The van der Waals surface area contributed by atoms with E-state index in [0.717, 1.165) is 48.4 Å². The average molecular weight is 614 g/mol. The summed E-state index contributed by atoms with van der Waals surface area (Å²) in [5, 5.41) is 0.796. The Labute approximate surface area is 250 Å². The first kappa shape index (κ1) is 30.1. The zero-order valence-electron chi connectivity index (χ0n) is 24.3. The second kappa shape index (κ2) is 12.8.